The van der Waals surface area contributed by atoms with Gasteiger partial charge in [-0.05, 0) is 31.2 Å². The number of benzene rings is 2. The molecule has 2 aromatic carbocycles. The van der Waals surface area contributed by atoms with Crippen LogP contribution < -0.4 is 19.6 Å². The second-order valence-electron chi connectivity index (χ2n) is 12.9. The van der Waals surface area contributed by atoms with Gasteiger partial charge in [-0.3, -0.25) is 4.79 Å². The smallest absolute Gasteiger partial charge is 0.239 e. The number of phenolic OH excluding ortho intramolecular Hbond substituents is 1. The van der Waals surface area contributed by atoms with E-state index in [0.717, 1.165) is 12.1 Å². The van der Waals surface area contributed by atoms with Crippen LogP contribution in [-0.2, 0) is 14.2 Å². The number of ether oxygens (including phenoxy) is 6. The van der Waals surface area contributed by atoms with E-state index < -0.39 is 128 Å². The normalized spacial score (nSPS) is 37.7. The van der Waals surface area contributed by atoms with Crippen LogP contribution in [0, 0.1) is 0 Å². The number of rotatable bonds is 9. The number of aliphatic hydroxyl groups is 11. The van der Waals surface area contributed by atoms with Crippen molar-refractivity contribution in [3.63, 3.8) is 0 Å². The van der Waals surface area contributed by atoms with Crippen LogP contribution in [0.4, 0.5) is 0 Å². The van der Waals surface area contributed by atoms with Crippen molar-refractivity contribution in [2.75, 3.05) is 13.2 Å². The summed E-state index contributed by atoms with van der Waals surface area (Å²) in [7, 11) is 0. The van der Waals surface area contributed by atoms with Gasteiger partial charge in [0.15, 0.2) is 5.76 Å². The van der Waals surface area contributed by atoms with E-state index in [0.29, 0.717) is 0 Å². The molecular formula is C33H40O20. The Morgan fingerprint density at radius 1 is 0.623 bits per heavy atom. The number of aliphatic hydroxyl groups excluding tert-OH is 11. The van der Waals surface area contributed by atoms with Gasteiger partial charge in [-0.1, -0.05) is 0 Å². The van der Waals surface area contributed by atoms with Crippen LogP contribution >= 0.6 is 0 Å². The molecule has 53 heavy (non-hydrogen) atoms. The third kappa shape index (κ3) is 7.39. The highest BCUT2D eigenvalue weighted by Gasteiger charge is 2.47. The zero-order valence-electron chi connectivity index (χ0n) is 27.7. The molecule has 0 amide bonds. The standard InChI is InChI=1S/C33H40O20/c1-10-19(37)23(41)26(44)31(47-10)48-13-6-14-18(15(7-13)50-32-27(45)24(42)20(38)16(8-34)51-32)22(40)30(29(49-14)11-2-4-12(36)5-3-11)53-33-28(46)25(43)21(39)17(9-35)52-33/h2-7,10,16-17,19-21,23-28,31-39,41-46H,8-9H2,1H3/t10-,16?,17?,19-,20?,21?,23+,24?,25?,26+,27?,28?,31?,32?,33?/m1/s1. The van der Waals surface area contributed by atoms with Gasteiger partial charge in [0.1, 0.15) is 95.4 Å². The van der Waals surface area contributed by atoms with Crippen molar-refractivity contribution >= 4 is 11.0 Å². The van der Waals surface area contributed by atoms with Gasteiger partial charge in [0.25, 0.3) is 0 Å². The summed E-state index contributed by atoms with van der Waals surface area (Å²) in [6.45, 7) is -0.243. The van der Waals surface area contributed by atoms with Gasteiger partial charge in [-0.25, -0.2) is 0 Å². The predicted molar refractivity (Wildman–Crippen MR) is 171 cm³/mol. The topological polar surface area (TPSA) is 328 Å². The third-order valence-corrected chi connectivity index (χ3v) is 9.26. The first-order valence-electron chi connectivity index (χ1n) is 16.4. The van der Waals surface area contributed by atoms with Crippen molar-refractivity contribution in [3.05, 3.63) is 46.6 Å². The third-order valence-electron chi connectivity index (χ3n) is 9.26. The Balaban J connectivity index is 1.52. The summed E-state index contributed by atoms with van der Waals surface area (Å²) in [5, 5.41) is 123. The maximum absolute atomic E-state index is 14.5. The van der Waals surface area contributed by atoms with Gasteiger partial charge < -0.3 is 94.1 Å². The van der Waals surface area contributed by atoms with Crippen molar-refractivity contribution in [2.45, 2.75) is 99.0 Å². The van der Waals surface area contributed by atoms with Crippen molar-refractivity contribution in [3.8, 4) is 34.3 Å². The van der Waals surface area contributed by atoms with E-state index in [-0.39, 0.29) is 28.4 Å². The molecule has 3 aromatic rings. The summed E-state index contributed by atoms with van der Waals surface area (Å²) in [5.74, 6) is -2.02. The van der Waals surface area contributed by atoms with Crippen molar-refractivity contribution in [1.82, 2.24) is 0 Å². The molecule has 0 spiro atoms. The molecule has 0 saturated carbocycles. The highest BCUT2D eigenvalue weighted by molar-refractivity contribution is 5.88. The van der Waals surface area contributed by atoms with Crippen molar-refractivity contribution < 1.29 is 94.1 Å². The number of hydrogen-bond acceptors (Lipinski definition) is 20. The average molecular weight is 757 g/mol. The van der Waals surface area contributed by atoms with Gasteiger partial charge in [0.05, 0.1) is 19.3 Å². The maximum Gasteiger partial charge on any atom is 0.239 e. The van der Waals surface area contributed by atoms with E-state index >= 15 is 0 Å². The van der Waals surface area contributed by atoms with Crippen LogP contribution in [-0.4, -0.2) is 167 Å². The Kier molecular flexibility index (Phi) is 11.5. The molecule has 3 fully saturated rings. The zero-order chi connectivity index (χ0) is 38.5. The molecule has 3 aliphatic rings. The Bertz CT molecular complexity index is 1780. The second-order valence-corrected chi connectivity index (χ2v) is 12.9. The highest BCUT2D eigenvalue weighted by Crippen LogP contribution is 2.40. The summed E-state index contributed by atoms with van der Waals surface area (Å²) in [5.41, 5.74) is -1.32. The molecular weight excluding hydrogens is 716 g/mol. The molecule has 15 atom stereocenters. The van der Waals surface area contributed by atoms with E-state index in [1.165, 1.54) is 31.2 Å². The lowest BCUT2D eigenvalue weighted by Crippen LogP contribution is -2.60. The molecule has 4 heterocycles. The van der Waals surface area contributed by atoms with Crippen molar-refractivity contribution in [1.29, 1.82) is 0 Å². The minimum atomic E-state index is -1.98. The molecule has 0 aliphatic carbocycles. The van der Waals surface area contributed by atoms with Crippen LogP contribution in [0.25, 0.3) is 22.3 Å². The van der Waals surface area contributed by atoms with Crippen LogP contribution in [0.5, 0.6) is 23.0 Å². The number of fused-ring (bicyclic) bond motifs is 1. The number of phenols is 1. The fourth-order valence-electron chi connectivity index (χ4n) is 6.13. The summed E-state index contributed by atoms with van der Waals surface area (Å²) in [6, 6.07) is 7.31. The minimum Gasteiger partial charge on any atom is -0.508 e. The summed E-state index contributed by atoms with van der Waals surface area (Å²) in [4.78, 5) is 14.5. The van der Waals surface area contributed by atoms with Crippen molar-refractivity contribution in [2.24, 2.45) is 0 Å². The van der Waals surface area contributed by atoms with Gasteiger partial charge >= 0.3 is 0 Å². The lowest BCUT2D eigenvalue weighted by molar-refractivity contribution is -0.277. The summed E-state index contributed by atoms with van der Waals surface area (Å²) < 4.78 is 40.1. The maximum atomic E-state index is 14.5. The van der Waals surface area contributed by atoms with Gasteiger partial charge in [-0.2, -0.15) is 0 Å². The lowest BCUT2D eigenvalue weighted by atomic mass is 9.99. The van der Waals surface area contributed by atoms with E-state index in [4.69, 9.17) is 32.8 Å². The van der Waals surface area contributed by atoms with E-state index in [1.54, 1.807) is 0 Å². The molecule has 0 radical (unpaired) electrons. The Hall–Kier alpha value is -3.71. The average Bonchev–Trinajstić information content (AvgIpc) is 3.14. The number of hydrogen-bond donors (Lipinski definition) is 12. The molecule has 12 N–H and O–H groups in total. The first-order chi connectivity index (χ1) is 25.1. The molecule has 292 valence electrons. The molecule has 20 heteroatoms. The molecule has 11 unspecified atom stereocenters. The lowest BCUT2D eigenvalue weighted by Gasteiger charge is -2.40. The molecule has 1 aromatic heterocycles. The van der Waals surface area contributed by atoms with Gasteiger partial charge in [0.2, 0.25) is 30.0 Å². The van der Waals surface area contributed by atoms with Gasteiger partial charge in [-0.15, -0.1) is 0 Å². The molecule has 6 rings (SSSR count). The van der Waals surface area contributed by atoms with E-state index in [2.05, 4.69) is 0 Å². The quantitative estimate of drug-likeness (QED) is 0.0983. The minimum absolute atomic E-state index is 0.0982. The Labute approximate surface area is 298 Å². The Morgan fingerprint density at radius 2 is 1.13 bits per heavy atom. The van der Waals surface area contributed by atoms with E-state index in [9.17, 15) is 66.1 Å². The second kappa shape index (κ2) is 15.6. The molecule has 3 saturated heterocycles. The summed E-state index contributed by atoms with van der Waals surface area (Å²) in [6.07, 6.45) is -25.5. The number of aromatic hydroxyl groups is 1. The molecule has 20 nitrogen and oxygen atoms in total. The molecule has 0 bridgehead atoms. The first kappa shape index (κ1) is 39.0. The van der Waals surface area contributed by atoms with Gasteiger partial charge in [0, 0.05) is 17.7 Å². The van der Waals surface area contributed by atoms with Crippen LogP contribution in [0.2, 0.25) is 0 Å². The zero-order valence-corrected chi connectivity index (χ0v) is 27.7. The van der Waals surface area contributed by atoms with Crippen LogP contribution in [0.15, 0.2) is 45.6 Å². The van der Waals surface area contributed by atoms with E-state index in [1.807, 2.05) is 0 Å². The largest absolute Gasteiger partial charge is 0.508 e. The summed E-state index contributed by atoms with van der Waals surface area (Å²) >= 11 is 0. The SMILES string of the molecule is C[C@H]1OC(Oc2cc(OC3OC(CO)C(O)C(O)C3O)c3c(=O)c(OC4OC(CO)C(O)C(O)C4O)c(-c4ccc(O)cc4)oc3c2)[C@@H](O)[C@@H](O)[C@@H]1O. The highest BCUT2D eigenvalue weighted by atomic mass is 16.7. The monoisotopic (exact) mass is 756 g/mol. The Morgan fingerprint density at radius 3 is 1.68 bits per heavy atom. The molecule has 3 aliphatic heterocycles. The fourth-order valence-corrected chi connectivity index (χ4v) is 6.13. The fraction of sp³-hybridized carbons (Fsp3) is 0.545. The van der Waals surface area contributed by atoms with Crippen LogP contribution in [0.3, 0.4) is 0 Å². The predicted octanol–water partition coefficient (Wildman–Crippen LogP) is -4.27. The first-order valence-corrected chi connectivity index (χ1v) is 16.4. The van der Waals surface area contributed by atoms with Crippen LogP contribution in [0.1, 0.15) is 6.92 Å².